The molecule has 0 bridgehead atoms. The SMILES string of the molecule is COc1ccc(NC(=O)N(C)C[C@@H]2Oc3c(NC(=O)C4CCCCC4)cccc3C(=O)N([C@H](C)CO)C[C@@H]2C)cc1. The van der Waals surface area contributed by atoms with Crippen LogP contribution in [-0.2, 0) is 4.79 Å². The van der Waals surface area contributed by atoms with Gasteiger partial charge in [-0.1, -0.05) is 32.3 Å². The first-order valence-corrected chi connectivity index (χ1v) is 14.4. The molecule has 4 rings (SSSR count). The highest BCUT2D eigenvalue weighted by Gasteiger charge is 2.35. The fourth-order valence-electron chi connectivity index (χ4n) is 5.41. The molecule has 3 N–H and O–H groups in total. The van der Waals surface area contributed by atoms with E-state index in [9.17, 15) is 19.5 Å². The van der Waals surface area contributed by atoms with Gasteiger partial charge in [-0.05, 0) is 56.2 Å². The van der Waals surface area contributed by atoms with E-state index in [1.54, 1.807) is 68.4 Å². The molecule has 0 unspecified atom stereocenters. The molecule has 41 heavy (non-hydrogen) atoms. The van der Waals surface area contributed by atoms with E-state index in [0.29, 0.717) is 29.2 Å². The van der Waals surface area contributed by atoms with Crippen molar-refractivity contribution >= 4 is 29.2 Å². The smallest absolute Gasteiger partial charge is 0.321 e. The normalized spacial score (nSPS) is 20.1. The first kappa shape index (κ1) is 30.2. The van der Waals surface area contributed by atoms with E-state index in [-0.39, 0.29) is 48.6 Å². The molecule has 4 amide bonds. The van der Waals surface area contributed by atoms with Crippen molar-refractivity contribution in [2.45, 2.75) is 58.1 Å². The summed E-state index contributed by atoms with van der Waals surface area (Å²) < 4.78 is 11.7. The molecule has 0 aromatic heterocycles. The molecule has 2 aromatic rings. The van der Waals surface area contributed by atoms with E-state index < -0.39 is 12.1 Å². The van der Waals surface area contributed by atoms with Gasteiger partial charge in [0.15, 0.2) is 5.75 Å². The van der Waals surface area contributed by atoms with Gasteiger partial charge in [-0.15, -0.1) is 0 Å². The number of carbonyl (C=O) groups excluding carboxylic acids is 3. The summed E-state index contributed by atoms with van der Waals surface area (Å²) in [6.07, 6.45) is 4.37. The van der Waals surface area contributed by atoms with E-state index in [2.05, 4.69) is 10.6 Å². The van der Waals surface area contributed by atoms with Gasteiger partial charge in [0.25, 0.3) is 5.91 Å². The number of rotatable bonds is 8. The molecule has 0 spiro atoms. The van der Waals surface area contributed by atoms with Crippen molar-refractivity contribution in [2.24, 2.45) is 11.8 Å². The number of aliphatic hydroxyl groups is 1. The van der Waals surface area contributed by atoms with Gasteiger partial charge < -0.3 is 35.0 Å². The standard InChI is InChI=1S/C31H42N4O6/c1-20-17-35(21(2)19-36)30(38)25-11-8-12-26(33-29(37)22-9-6-5-7-10-22)28(25)41-27(20)18-34(3)31(39)32-23-13-15-24(40-4)16-14-23/h8,11-16,20-22,27,36H,5-7,9-10,17-19H2,1-4H3,(H,32,39)(H,33,37)/t20-,21+,27-/m0/s1. The van der Waals surface area contributed by atoms with Gasteiger partial charge in [-0.25, -0.2) is 4.79 Å². The van der Waals surface area contributed by atoms with Crippen molar-refractivity contribution in [3.05, 3.63) is 48.0 Å². The number of nitrogens with zero attached hydrogens (tertiary/aromatic N) is 2. The third-order valence-electron chi connectivity index (χ3n) is 8.07. The van der Waals surface area contributed by atoms with Crippen LogP contribution in [0.3, 0.4) is 0 Å². The summed E-state index contributed by atoms with van der Waals surface area (Å²) in [5, 5.41) is 15.8. The largest absolute Gasteiger partial charge is 0.497 e. The Kier molecular flexibility index (Phi) is 10.1. The second-order valence-corrected chi connectivity index (χ2v) is 11.2. The van der Waals surface area contributed by atoms with Crippen molar-refractivity contribution in [3.63, 3.8) is 0 Å². The van der Waals surface area contributed by atoms with Gasteiger partial charge in [0.2, 0.25) is 5.91 Å². The predicted octanol–water partition coefficient (Wildman–Crippen LogP) is 4.60. The maximum Gasteiger partial charge on any atom is 0.321 e. The summed E-state index contributed by atoms with van der Waals surface area (Å²) in [5.74, 6) is 0.368. The summed E-state index contributed by atoms with van der Waals surface area (Å²) in [4.78, 5) is 43.1. The van der Waals surface area contributed by atoms with Crippen molar-refractivity contribution in [3.8, 4) is 11.5 Å². The monoisotopic (exact) mass is 566 g/mol. The molecular weight excluding hydrogens is 524 g/mol. The van der Waals surface area contributed by atoms with Crippen molar-refractivity contribution in [1.82, 2.24) is 9.80 Å². The lowest BCUT2D eigenvalue weighted by Gasteiger charge is -2.38. The Morgan fingerprint density at radius 1 is 1.12 bits per heavy atom. The number of aliphatic hydroxyl groups excluding tert-OH is 1. The summed E-state index contributed by atoms with van der Waals surface area (Å²) in [6.45, 7) is 4.12. The number of urea groups is 1. The van der Waals surface area contributed by atoms with E-state index in [1.165, 1.54) is 4.90 Å². The zero-order valence-corrected chi connectivity index (χ0v) is 24.4. The molecule has 2 aromatic carbocycles. The topological polar surface area (TPSA) is 120 Å². The number of para-hydroxylation sites is 1. The van der Waals surface area contributed by atoms with Crippen LogP contribution in [-0.4, -0.2) is 78.8 Å². The molecule has 1 saturated carbocycles. The minimum Gasteiger partial charge on any atom is -0.497 e. The zero-order valence-electron chi connectivity index (χ0n) is 24.4. The van der Waals surface area contributed by atoms with Crippen LogP contribution in [0.2, 0.25) is 0 Å². The number of anilines is 2. The lowest BCUT2D eigenvalue weighted by molar-refractivity contribution is -0.120. The Labute approximate surface area is 242 Å². The number of hydrogen-bond acceptors (Lipinski definition) is 6. The van der Waals surface area contributed by atoms with Crippen LogP contribution >= 0.6 is 0 Å². The maximum atomic E-state index is 13.7. The Bertz CT molecular complexity index is 1210. The van der Waals surface area contributed by atoms with Gasteiger partial charge in [0.1, 0.15) is 11.9 Å². The van der Waals surface area contributed by atoms with Crippen LogP contribution in [0.4, 0.5) is 16.2 Å². The van der Waals surface area contributed by atoms with E-state index >= 15 is 0 Å². The van der Waals surface area contributed by atoms with Gasteiger partial charge in [0.05, 0.1) is 37.6 Å². The summed E-state index contributed by atoms with van der Waals surface area (Å²) >= 11 is 0. The number of fused-ring (bicyclic) bond motifs is 1. The van der Waals surface area contributed by atoms with Crippen molar-refractivity contribution in [2.75, 3.05) is 44.5 Å². The second-order valence-electron chi connectivity index (χ2n) is 11.2. The predicted molar refractivity (Wildman–Crippen MR) is 157 cm³/mol. The van der Waals surface area contributed by atoms with Crippen molar-refractivity contribution in [1.29, 1.82) is 0 Å². The van der Waals surface area contributed by atoms with E-state index in [0.717, 1.165) is 32.1 Å². The van der Waals surface area contributed by atoms with E-state index in [1.807, 2.05) is 6.92 Å². The van der Waals surface area contributed by atoms with Gasteiger partial charge in [-0.2, -0.15) is 0 Å². The minimum absolute atomic E-state index is 0.0719. The lowest BCUT2D eigenvalue weighted by atomic mass is 9.88. The highest BCUT2D eigenvalue weighted by molar-refractivity contribution is 6.02. The highest BCUT2D eigenvalue weighted by atomic mass is 16.5. The number of benzene rings is 2. The number of amides is 4. The van der Waals surface area contributed by atoms with Gasteiger partial charge >= 0.3 is 6.03 Å². The van der Waals surface area contributed by atoms with E-state index in [4.69, 9.17) is 9.47 Å². The average Bonchev–Trinajstić information content (AvgIpc) is 2.99. The first-order valence-electron chi connectivity index (χ1n) is 14.4. The van der Waals surface area contributed by atoms with Crippen LogP contribution < -0.4 is 20.1 Å². The Morgan fingerprint density at radius 3 is 2.49 bits per heavy atom. The number of carbonyl (C=O) groups is 3. The molecule has 3 atom stereocenters. The molecule has 1 aliphatic heterocycles. The lowest BCUT2D eigenvalue weighted by Crippen LogP contribution is -2.50. The number of methoxy groups -OCH3 is 1. The molecule has 222 valence electrons. The third kappa shape index (κ3) is 7.30. The summed E-state index contributed by atoms with van der Waals surface area (Å²) in [7, 11) is 3.27. The third-order valence-corrected chi connectivity index (χ3v) is 8.07. The zero-order chi connectivity index (χ0) is 29.5. The Hall–Kier alpha value is -3.79. The quantitative estimate of drug-likeness (QED) is 0.430. The molecule has 0 saturated heterocycles. The average molecular weight is 567 g/mol. The minimum atomic E-state index is -0.505. The number of hydrogen-bond donors (Lipinski definition) is 3. The Morgan fingerprint density at radius 2 is 1.83 bits per heavy atom. The van der Waals surface area contributed by atoms with Crippen LogP contribution in [0.15, 0.2) is 42.5 Å². The van der Waals surface area contributed by atoms with Crippen molar-refractivity contribution < 1.29 is 29.0 Å². The molecule has 10 nitrogen and oxygen atoms in total. The summed E-state index contributed by atoms with van der Waals surface area (Å²) in [5.41, 5.74) is 1.38. The Balaban J connectivity index is 1.60. The first-order chi connectivity index (χ1) is 19.7. The molecule has 2 aliphatic rings. The molecular formula is C31H42N4O6. The fraction of sp³-hybridized carbons (Fsp3) is 0.516. The fourth-order valence-corrected chi connectivity index (χ4v) is 5.41. The molecule has 1 heterocycles. The summed E-state index contributed by atoms with van der Waals surface area (Å²) in [6, 6.07) is 11.5. The van der Waals surface area contributed by atoms with Crippen LogP contribution in [0.5, 0.6) is 11.5 Å². The number of nitrogens with one attached hydrogen (secondary N) is 2. The maximum absolute atomic E-state index is 13.7. The molecule has 1 fully saturated rings. The van der Waals surface area contributed by atoms with Gasteiger partial charge in [-0.3, -0.25) is 9.59 Å². The second kappa shape index (κ2) is 13.7. The number of ether oxygens (including phenoxy) is 2. The molecule has 1 aliphatic carbocycles. The molecule has 10 heteroatoms. The number of likely N-dealkylation sites (N-methyl/N-ethyl adjacent to an activating group) is 1. The van der Waals surface area contributed by atoms with Crippen LogP contribution in [0.1, 0.15) is 56.3 Å². The van der Waals surface area contributed by atoms with Crippen LogP contribution in [0, 0.1) is 11.8 Å². The van der Waals surface area contributed by atoms with Crippen LogP contribution in [0.25, 0.3) is 0 Å². The molecule has 0 radical (unpaired) electrons. The highest BCUT2D eigenvalue weighted by Crippen LogP contribution is 2.36. The van der Waals surface area contributed by atoms with Gasteiger partial charge in [0, 0.05) is 31.1 Å².